The molecule has 5 heteroatoms. The van der Waals surface area contributed by atoms with Crippen LogP contribution in [0.1, 0.15) is 6.92 Å². The Hall–Kier alpha value is -0.150. The third-order valence-corrected chi connectivity index (χ3v) is 3.12. The molecule has 16 heavy (non-hydrogen) atoms. The molecule has 0 aromatic heterocycles. The van der Waals surface area contributed by atoms with Gasteiger partial charge in [-0.25, -0.2) is 0 Å². The number of rotatable bonds is 1. The summed E-state index contributed by atoms with van der Waals surface area (Å²) in [5, 5.41) is 4.75. The van der Waals surface area contributed by atoms with E-state index in [1.54, 1.807) is 6.07 Å². The lowest BCUT2D eigenvalue weighted by molar-refractivity contribution is 0.501. The Morgan fingerprint density at radius 3 is 2.44 bits per heavy atom. The monoisotopic (exact) mass is 280 g/mol. The predicted octanol–water partition coefficient (Wildman–Crippen LogP) is 3.21. The van der Waals surface area contributed by atoms with Crippen LogP contribution < -0.4 is 10.2 Å². The maximum atomic E-state index is 5.99. The highest BCUT2D eigenvalue weighted by Gasteiger charge is 2.18. The van der Waals surface area contributed by atoms with E-state index in [2.05, 4.69) is 17.1 Å². The van der Waals surface area contributed by atoms with Gasteiger partial charge in [0.1, 0.15) is 0 Å². The Bertz CT molecular complexity index is 337. The molecule has 0 unspecified atom stereocenters. The SMILES string of the molecule is C[C@@H]1CNCCN1c1cc(Cl)cc(Cl)c1.Cl. The molecule has 1 N–H and O–H groups in total. The average Bonchev–Trinajstić information content (AvgIpc) is 2.16. The zero-order valence-electron chi connectivity index (χ0n) is 9.04. The first-order valence-corrected chi connectivity index (χ1v) is 5.86. The minimum atomic E-state index is 0. The Labute approximate surface area is 112 Å². The van der Waals surface area contributed by atoms with Gasteiger partial charge in [-0.1, -0.05) is 23.2 Å². The molecule has 2 rings (SSSR count). The van der Waals surface area contributed by atoms with Crippen LogP contribution >= 0.6 is 35.6 Å². The summed E-state index contributed by atoms with van der Waals surface area (Å²) >= 11 is 12.0. The highest BCUT2D eigenvalue weighted by atomic mass is 35.5. The number of hydrogen-bond acceptors (Lipinski definition) is 2. The van der Waals surface area contributed by atoms with Gasteiger partial charge in [-0.2, -0.15) is 0 Å². The summed E-state index contributed by atoms with van der Waals surface area (Å²) in [6.07, 6.45) is 0. The van der Waals surface area contributed by atoms with Gasteiger partial charge in [0.15, 0.2) is 0 Å². The van der Waals surface area contributed by atoms with E-state index in [0.29, 0.717) is 16.1 Å². The molecule has 1 aromatic carbocycles. The van der Waals surface area contributed by atoms with Gasteiger partial charge in [-0.3, -0.25) is 0 Å². The fourth-order valence-corrected chi connectivity index (χ4v) is 2.44. The minimum absolute atomic E-state index is 0. The lowest BCUT2D eigenvalue weighted by Gasteiger charge is -2.36. The molecule has 0 radical (unpaired) electrons. The van der Waals surface area contributed by atoms with Crippen LogP contribution in [0.4, 0.5) is 5.69 Å². The lowest BCUT2D eigenvalue weighted by Crippen LogP contribution is -2.49. The van der Waals surface area contributed by atoms with Gasteiger partial charge in [0.25, 0.3) is 0 Å². The van der Waals surface area contributed by atoms with Crippen LogP contribution in [0.2, 0.25) is 10.0 Å². The smallest absolute Gasteiger partial charge is 0.0441 e. The first-order valence-electron chi connectivity index (χ1n) is 5.10. The van der Waals surface area contributed by atoms with Crippen molar-refractivity contribution >= 4 is 41.3 Å². The maximum Gasteiger partial charge on any atom is 0.0441 e. The second kappa shape index (κ2) is 5.97. The van der Waals surface area contributed by atoms with Crippen molar-refractivity contribution in [1.29, 1.82) is 0 Å². The minimum Gasteiger partial charge on any atom is -0.366 e. The van der Waals surface area contributed by atoms with Gasteiger partial charge in [0, 0.05) is 41.4 Å². The van der Waals surface area contributed by atoms with Crippen molar-refractivity contribution < 1.29 is 0 Å². The Balaban J connectivity index is 0.00000128. The van der Waals surface area contributed by atoms with Crippen molar-refractivity contribution in [3.8, 4) is 0 Å². The van der Waals surface area contributed by atoms with Crippen molar-refractivity contribution in [1.82, 2.24) is 5.32 Å². The van der Waals surface area contributed by atoms with Gasteiger partial charge < -0.3 is 10.2 Å². The van der Waals surface area contributed by atoms with Gasteiger partial charge in [0.2, 0.25) is 0 Å². The topological polar surface area (TPSA) is 15.3 Å². The fraction of sp³-hybridized carbons (Fsp3) is 0.455. The Kier molecular flexibility index (Phi) is 5.19. The molecule has 2 nitrogen and oxygen atoms in total. The van der Waals surface area contributed by atoms with E-state index in [9.17, 15) is 0 Å². The zero-order chi connectivity index (χ0) is 10.8. The summed E-state index contributed by atoms with van der Waals surface area (Å²) in [5.74, 6) is 0. The molecular formula is C11H15Cl3N2. The van der Waals surface area contributed by atoms with E-state index in [1.807, 2.05) is 12.1 Å². The second-order valence-corrected chi connectivity index (χ2v) is 4.75. The van der Waals surface area contributed by atoms with Crippen molar-refractivity contribution in [3.05, 3.63) is 28.2 Å². The van der Waals surface area contributed by atoms with Crippen molar-refractivity contribution in [2.24, 2.45) is 0 Å². The molecule has 90 valence electrons. The summed E-state index contributed by atoms with van der Waals surface area (Å²) < 4.78 is 0. The summed E-state index contributed by atoms with van der Waals surface area (Å²) in [5.41, 5.74) is 1.11. The van der Waals surface area contributed by atoms with E-state index in [4.69, 9.17) is 23.2 Å². The summed E-state index contributed by atoms with van der Waals surface area (Å²) in [6, 6.07) is 6.18. The van der Waals surface area contributed by atoms with E-state index in [-0.39, 0.29) is 12.4 Å². The molecule has 1 fully saturated rings. The lowest BCUT2D eigenvalue weighted by atomic mass is 10.2. The quantitative estimate of drug-likeness (QED) is 0.850. The Morgan fingerprint density at radius 1 is 1.25 bits per heavy atom. The van der Waals surface area contributed by atoms with Gasteiger partial charge in [-0.05, 0) is 25.1 Å². The predicted molar refractivity (Wildman–Crippen MR) is 73.4 cm³/mol. The van der Waals surface area contributed by atoms with Crippen molar-refractivity contribution in [2.75, 3.05) is 24.5 Å². The molecule has 1 aliphatic rings. The molecule has 1 saturated heterocycles. The number of nitrogens with one attached hydrogen (secondary N) is 1. The largest absolute Gasteiger partial charge is 0.366 e. The van der Waals surface area contributed by atoms with Crippen molar-refractivity contribution in [3.63, 3.8) is 0 Å². The molecular weight excluding hydrogens is 266 g/mol. The Morgan fingerprint density at radius 2 is 1.88 bits per heavy atom. The van der Waals surface area contributed by atoms with Crippen LogP contribution in [0.5, 0.6) is 0 Å². The normalized spacial score (nSPS) is 20.4. The number of halogens is 3. The van der Waals surface area contributed by atoms with Crippen LogP contribution in [0.25, 0.3) is 0 Å². The molecule has 0 spiro atoms. The number of nitrogens with zero attached hydrogens (tertiary/aromatic N) is 1. The number of anilines is 1. The first kappa shape index (κ1) is 13.9. The van der Waals surface area contributed by atoms with E-state index < -0.39 is 0 Å². The highest BCUT2D eigenvalue weighted by molar-refractivity contribution is 6.35. The number of benzene rings is 1. The van der Waals surface area contributed by atoms with Gasteiger partial charge >= 0.3 is 0 Å². The third-order valence-electron chi connectivity index (χ3n) is 2.68. The number of piperazine rings is 1. The average molecular weight is 282 g/mol. The summed E-state index contributed by atoms with van der Waals surface area (Å²) in [6.45, 7) is 5.21. The van der Waals surface area contributed by atoms with Crippen molar-refractivity contribution in [2.45, 2.75) is 13.0 Å². The molecule has 1 aliphatic heterocycles. The van der Waals surface area contributed by atoms with E-state index >= 15 is 0 Å². The van der Waals surface area contributed by atoms with Crippen LogP contribution in [-0.4, -0.2) is 25.7 Å². The molecule has 1 atom stereocenters. The van der Waals surface area contributed by atoms with Crippen LogP contribution in [0, 0.1) is 0 Å². The van der Waals surface area contributed by atoms with E-state index in [1.165, 1.54) is 0 Å². The van der Waals surface area contributed by atoms with Gasteiger partial charge in [0.05, 0.1) is 0 Å². The molecule has 1 heterocycles. The summed E-state index contributed by atoms with van der Waals surface area (Å²) in [4.78, 5) is 2.33. The maximum absolute atomic E-state index is 5.99. The number of hydrogen-bond donors (Lipinski definition) is 1. The van der Waals surface area contributed by atoms with Crippen LogP contribution in [-0.2, 0) is 0 Å². The highest BCUT2D eigenvalue weighted by Crippen LogP contribution is 2.27. The zero-order valence-corrected chi connectivity index (χ0v) is 11.4. The molecule has 0 saturated carbocycles. The van der Waals surface area contributed by atoms with Gasteiger partial charge in [-0.15, -0.1) is 12.4 Å². The van der Waals surface area contributed by atoms with Crippen LogP contribution in [0.3, 0.4) is 0 Å². The second-order valence-electron chi connectivity index (χ2n) is 3.87. The molecule has 0 aliphatic carbocycles. The van der Waals surface area contributed by atoms with E-state index in [0.717, 1.165) is 25.3 Å². The molecule has 1 aromatic rings. The fourth-order valence-electron chi connectivity index (χ4n) is 1.93. The first-order chi connectivity index (χ1) is 7.16. The van der Waals surface area contributed by atoms with Crippen LogP contribution in [0.15, 0.2) is 18.2 Å². The molecule has 0 bridgehead atoms. The molecule has 0 amide bonds. The summed E-state index contributed by atoms with van der Waals surface area (Å²) in [7, 11) is 0. The standard InChI is InChI=1S/C11H14Cl2N2.ClH/c1-8-7-14-2-3-15(8)11-5-9(12)4-10(13)6-11;/h4-6,8,14H,2-3,7H2,1H3;1H/t8-;/m1./s1. The third kappa shape index (κ3) is 3.17.